The second-order valence-electron chi connectivity index (χ2n) is 4.05. The minimum atomic E-state index is -0.136. The molecule has 0 amide bonds. The van der Waals surface area contributed by atoms with Crippen molar-refractivity contribution < 1.29 is 9.84 Å². The van der Waals surface area contributed by atoms with Gasteiger partial charge in [0.25, 0.3) is 5.56 Å². The maximum atomic E-state index is 11.8. The number of H-pyrrole nitrogens is 1. The molecular weight excluding hydrogens is 208 g/mol. The fourth-order valence-electron chi connectivity index (χ4n) is 1.98. The van der Waals surface area contributed by atoms with Crippen molar-refractivity contribution in [2.45, 2.75) is 25.7 Å². The quantitative estimate of drug-likeness (QED) is 0.764. The predicted octanol–water partition coefficient (Wildman–Crippen LogP) is 0.117. The molecule has 1 aliphatic heterocycles. The van der Waals surface area contributed by atoms with Crippen LogP contribution in [0.4, 0.5) is 0 Å². The number of hydrogen-bond donors (Lipinski definition) is 2. The first-order valence-electron chi connectivity index (χ1n) is 5.50. The van der Waals surface area contributed by atoms with Crippen LogP contribution in [-0.2, 0) is 11.2 Å². The molecule has 0 spiro atoms. The summed E-state index contributed by atoms with van der Waals surface area (Å²) in [5.41, 5.74) is 1.15. The van der Waals surface area contributed by atoms with Gasteiger partial charge in [-0.05, 0) is 13.3 Å². The Morgan fingerprint density at radius 3 is 3.00 bits per heavy atom. The molecule has 88 valence electrons. The van der Waals surface area contributed by atoms with Gasteiger partial charge in [0.1, 0.15) is 5.82 Å². The van der Waals surface area contributed by atoms with Crippen molar-refractivity contribution in [2.75, 3.05) is 19.8 Å². The molecule has 5 nitrogen and oxygen atoms in total. The van der Waals surface area contributed by atoms with Crippen molar-refractivity contribution in [1.82, 2.24) is 9.97 Å². The maximum Gasteiger partial charge on any atom is 0.254 e. The van der Waals surface area contributed by atoms with Crippen molar-refractivity contribution in [2.24, 2.45) is 0 Å². The van der Waals surface area contributed by atoms with E-state index in [0.717, 1.165) is 13.0 Å². The third kappa shape index (κ3) is 2.15. The summed E-state index contributed by atoms with van der Waals surface area (Å²) >= 11 is 0. The highest BCUT2D eigenvalue weighted by Crippen LogP contribution is 2.21. The fraction of sp³-hybridized carbons (Fsp3) is 0.636. The molecule has 1 unspecified atom stereocenters. The van der Waals surface area contributed by atoms with E-state index in [2.05, 4.69) is 9.97 Å². The molecule has 1 aromatic heterocycles. The summed E-state index contributed by atoms with van der Waals surface area (Å²) in [7, 11) is 0. The van der Waals surface area contributed by atoms with Gasteiger partial charge in [-0.25, -0.2) is 4.98 Å². The van der Waals surface area contributed by atoms with Crippen LogP contribution in [-0.4, -0.2) is 34.9 Å². The molecule has 1 saturated heterocycles. The molecule has 1 fully saturated rings. The molecule has 16 heavy (non-hydrogen) atoms. The van der Waals surface area contributed by atoms with E-state index in [1.807, 2.05) is 0 Å². The molecule has 2 heterocycles. The van der Waals surface area contributed by atoms with Crippen molar-refractivity contribution in [1.29, 1.82) is 0 Å². The van der Waals surface area contributed by atoms with Crippen molar-refractivity contribution >= 4 is 0 Å². The van der Waals surface area contributed by atoms with Gasteiger partial charge in [-0.2, -0.15) is 0 Å². The molecule has 2 rings (SSSR count). The maximum absolute atomic E-state index is 11.8. The molecule has 5 heteroatoms. The molecule has 0 aromatic carbocycles. The largest absolute Gasteiger partial charge is 0.396 e. The number of hydrogen-bond acceptors (Lipinski definition) is 4. The van der Waals surface area contributed by atoms with Gasteiger partial charge >= 0.3 is 0 Å². The predicted molar refractivity (Wildman–Crippen MR) is 58.6 cm³/mol. The van der Waals surface area contributed by atoms with Crippen LogP contribution >= 0.6 is 0 Å². The van der Waals surface area contributed by atoms with Gasteiger partial charge in [0.15, 0.2) is 0 Å². The summed E-state index contributed by atoms with van der Waals surface area (Å²) in [6.45, 7) is 3.13. The van der Waals surface area contributed by atoms with E-state index in [9.17, 15) is 4.79 Å². The summed E-state index contributed by atoms with van der Waals surface area (Å²) in [4.78, 5) is 18.9. The van der Waals surface area contributed by atoms with Crippen LogP contribution in [0, 0.1) is 6.92 Å². The lowest BCUT2D eigenvalue weighted by Gasteiger charge is -2.09. The zero-order chi connectivity index (χ0) is 11.5. The van der Waals surface area contributed by atoms with Crippen LogP contribution in [0.2, 0.25) is 0 Å². The van der Waals surface area contributed by atoms with Crippen molar-refractivity contribution in [3.8, 4) is 0 Å². The van der Waals surface area contributed by atoms with Crippen molar-refractivity contribution in [3.63, 3.8) is 0 Å². The normalized spacial score (nSPS) is 20.2. The summed E-state index contributed by atoms with van der Waals surface area (Å²) in [6.07, 6.45) is 1.26. The molecule has 0 saturated carbocycles. The highest BCUT2D eigenvalue weighted by Gasteiger charge is 2.21. The topological polar surface area (TPSA) is 75.2 Å². The number of nitrogens with one attached hydrogen (secondary N) is 1. The first kappa shape index (κ1) is 11.3. The van der Waals surface area contributed by atoms with Gasteiger partial charge < -0.3 is 14.8 Å². The lowest BCUT2D eigenvalue weighted by atomic mass is 10.1. The van der Waals surface area contributed by atoms with E-state index in [-0.39, 0.29) is 18.1 Å². The van der Waals surface area contributed by atoms with Gasteiger partial charge in [-0.3, -0.25) is 4.79 Å². The Morgan fingerprint density at radius 1 is 1.62 bits per heavy atom. The number of aromatic amines is 1. The lowest BCUT2D eigenvalue weighted by Crippen LogP contribution is -2.21. The highest BCUT2D eigenvalue weighted by molar-refractivity contribution is 5.18. The number of aryl methyl sites for hydroxylation is 1. The molecule has 2 N–H and O–H groups in total. The fourth-order valence-corrected chi connectivity index (χ4v) is 1.98. The number of aliphatic hydroxyl groups is 1. The second kappa shape index (κ2) is 4.76. The van der Waals surface area contributed by atoms with Crippen LogP contribution in [0.3, 0.4) is 0 Å². The minimum absolute atomic E-state index is 0.0303. The first-order valence-corrected chi connectivity index (χ1v) is 5.50. The number of aliphatic hydroxyl groups excluding tert-OH is 1. The molecule has 1 aliphatic rings. The van der Waals surface area contributed by atoms with Gasteiger partial charge in [0.05, 0.1) is 6.61 Å². The smallest absolute Gasteiger partial charge is 0.254 e. The first-order chi connectivity index (χ1) is 7.72. The monoisotopic (exact) mass is 224 g/mol. The standard InChI is InChI=1S/C11H16N2O3/c1-7-9(2-4-14)11(15)13-10(12-7)8-3-5-16-6-8/h8,14H,2-6H2,1H3,(H,12,13,15). The van der Waals surface area contributed by atoms with E-state index in [1.165, 1.54) is 0 Å². The SMILES string of the molecule is Cc1nc(C2CCOC2)[nH]c(=O)c1CCO. The third-order valence-corrected chi connectivity index (χ3v) is 2.92. The molecular formula is C11H16N2O3. The van der Waals surface area contributed by atoms with Crippen LogP contribution in [0.15, 0.2) is 4.79 Å². The second-order valence-corrected chi connectivity index (χ2v) is 4.05. The number of rotatable bonds is 3. The Kier molecular flexibility index (Phi) is 3.36. The van der Waals surface area contributed by atoms with Gasteiger partial charge in [0, 0.05) is 36.8 Å². The van der Waals surface area contributed by atoms with E-state index in [4.69, 9.17) is 9.84 Å². The Balaban J connectivity index is 2.32. The number of aromatic nitrogens is 2. The molecule has 0 aliphatic carbocycles. The van der Waals surface area contributed by atoms with Gasteiger partial charge in [-0.1, -0.05) is 0 Å². The third-order valence-electron chi connectivity index (χ3n) is 2.92. The minimum Gasteiger partial charge on any atom is -0.396 e. The molecule has 1 aromatic rings. The average molecular weight is 224 g/mol. The highest BCUT2D eigenvalue weighted by atomic mass is 16.5. The van der Waals surface area contributed by atoms with E-state index in [1.54, 1.807) is 6.92 Å². The summed E-state index contributed by atoms with van der Waals surface area (Å²) in [6, 6.07) is 0. The number of ether oxygens (including phenoxy) is 1. The van der Waals surface area contributed by atoms with E-state index >= 15 is 0 Å². The van der Waals surface area contributed by atoms with E-state index < -0.39 is 0 Å². The Bertz CT molecular complexity index is 422. The Morgan fingerprint density at radius 2 is 2.44 bits per heavy atom. The molecule has 0 radical (unpaired) electrons. The van der Waals surface area contributed by atoms with Crippen molar-refractivity contribution in [3.05, 3.63) is 27.4 Å². The Labute approximate surface area is 93.5 Å². The van der Waals surface area contributed by atoms with Crippen LogP contribution in [0.5, 0.6) is 0 Å². The van der Waals surface area contributed by atoms with E-state index in [0.29, 0.717) is 30.1 Å². The molecule has 0 bridgehead atoms. The Hall–Kier alpha value is -1.20. The zero-order valence-corrected chi connectivity index (χ0v) is 9.32. The summed E-state index contributed by atoms with van der Waals surface area (Å²) < 4.78 is 5.27. The van der Waals surface area contributed by atoms with Gasteiger partial charge in [-0.15, -0.1) is 0 Å². The van der Waals surface area contributed by atoms with Crippen LogP contribution < -0.4 is 5.56 Å². The van der Waals surface area contributed by atoms with Crippen LogP contribution in [0.1, 0.15) is 29.4 Å². The van der Waals surface area contributed by atoms with Gasteiger partial charge in [0.2, 0.25) is 0 Å². The molecule has 1 atom stereocenters. The average Bonchev–Trinajstić information content (AvgIpc) is 2.76. The zero-order valence-electron chi connectivity index (χ0n) is 9.32. The summed E-state index contributed by atoms with van der Waals surface area (Å²) in [5, 5.41) is 8.85. The van der Waals surface area contributed by atoms with Crippen LogP contribution in [0.25, 0.3) is 0 Å². The number of nitrogens with zero attached hydrogens (tertiary/aromatic N) is 1. The lowest BCUT2D eigenvalue weighted by molar-refractivity contribution is 0.193. The summed E-state index contributed by atoms with van der Waals surface area (Å²) in [5.74, 6) is 0.913.